The minimum absolute atomic E-state index is 0.0238. The number of thiophene rings is 1. The Morgan fingerprint density at radius 1 is 1.38 bits per heavy atom. The predicted octanol–water partition coefficient (Wildman–Crippen LogP) is 4.30. The summed E-state index contributed by atoms with van der Waals surface area (Å²) in [6, 6.07) is 3.81. The van der Waals surface area contributed by atoms with Gasteiger partial charge in [-0.1, -0.05) is 18.5 Å². The van der Waals surface area contributed by atoms with Gasteiger partial charge in [-0.3, -0.25) is 4.79 Å². The summed E-state index contributed by atoms with van der Waals surface area (Å²) in [5.74, 6) is 0.809. The molecule has 1 N–H and O–H groups in total. The van der Waals surface area contributed by atoms with Crippen molar-refractivity contribution < 1.29 is 4.79 Å². The van der Waals surface area contributed by atoms with Gasteiger partial charge in [-0.05, 0) is 50.9 Å². The van der Waals surface area contributed by atoms with Crippen molar-refractivity contribution in [3.05, 3.63) is 27.0 Å². The lowest BCUT2D eigenvalue weighted by Gasteiger charge is -2.30. The van der Waals surface area contributed by atoms with Crippen LogP contribution in [0.2, 0.25) is 4.34 Å². The zero-order chi connectivity index (χ0) is 17.1. The third-order valence-electron chi connectivity index (χ3n) is 4.38. The molecule has 0 saturated carbocycles. The number of hydrogen-bond acceptors (Lipinski definition) is 5. The summed E-state index contributed by atoms with van der Waals surface area (Å²) in [5, 5.41) is 3.90. The molecule has 130 valence electrons. The Morgan fingerprint density at radius 2 is 2.12 bits per heavy atom. The van der Waals surface area contributed by atoms with Crippen molar-refractivity contribution >= 4 is 40.2 Å². The van der Waals surface area contributed by atoms with Crippen molar-refractivity contribution in [1.29, 1.82) is 0 Å². The van der Waals surface area contributed by atoms with Crippen LogP contribution in [-0.2, 0) is 0 Å². The van der Waals surface area contributed by atoms with Crippen molar-refractivity contribution in [1.82, 2.24) is 15.2 Å². The third kappa shape index (κ3) is 4.36. The van der Waals surface area contributed by atoms with Gasteiger partial charge in [-0.2, -0.15) is 0 Å². The van der Waals surface area contributed by atoms with Crippen LogP contribution in [0.4, 0.5) is 0 Å². The minimum Gasteiger partial charge on any atom is -0.350 e. The average molecular weight is 384 g/mol. The quantitative estimate of drug-likeness (QED) is 0.837. The highest BCUT2D eigenvalue weighted by Gasteiger charge is 2.18. The lowest BCUT2D eigenvalue weighted by Crippen LogP contribution is -2.39. The van der Waals surface area contributed by atoms with Crippen molar-refractivity contribution in [3.8, 4) is 9.88 Å². The highest BCUT2D eigenvalue weighted by Crippen LogP contribution is 2.34. The fraction of sp³-hybridized carbons (Fsp3) is 0.529. The van der Waals surface area contributed by atoms with Crippen molar-refractivity contribution in [2.45, 2.75) is 26.7 Å². The van der Waals surface area contributed by atoms with E-state index in [-0.39, 0.29) is 5.91 Å². The van der Waals surface area contributed by atoms with Crippen LogP contribution in [0.25, 0.3) is 9.88 Å². The van der Waals surface area contributed by atoms with E-state index in [1.807, 2.05) is 19.1 Å². The molecule has 4 nitrogen and oxygen atoms in total. The molecule has 2 aromatic heterocycles. The summed E-state index contributed by atoms with van der Waals surface area (Å²) < 4.78 is 0.736. The third-order valence-corrected chi connectivity index (χ3v) is 6.93. The second-order valence-electron chi connectivity index (χ2n) is 6.32. The number of thiazole rings is 1. The van der Waals surface area contributed by atoms with Gasteiger partial charge in [-0.25, -0.2) is 4.98 Å². The summed E-state index contributed by atoms with van der Waals surface area (Å²) >= 11 is 8.90. The van der Waals surface area contributed by atoms with Gasteiger partial charge in [0.25, 0.3) is 5.91 Å². The maximum atomic E-state index is 12.4. The van der Waals surface area contributed by atoms with E-state index < -0.39 is 0 Å². The number of amides is 1. The summed E-state index contributed by atoms with van der Waals surface area (Å²) in [7, 11) is 0. The Balaban J connectivity index is 1.54. The SMILES string of the molecule is Cc1nc(-c2ccc(Cl)s2)sc1C(=O)NCCN1CCC(C)CC1. The van der Waals surface area contributed by atoms with E-state index >= 15 is 0 Å². The van der Waals surface area contributed by atoms with Gasteiger partial charge in [-0.15, -0.1) is 22.7 Å². The van der Waals surface area contributed by atoms with Crippen molar-refractivity contribution in [2.24, 2.45) is 5.92 Å². The first kappa shape index (κ1) is 17.9. The number of hydrogen-bond donors (Lipinski definition) is 1. The Kier molecular flexibility index (Phi) is 5.92. The molecule has 0 bridgehead atoms. The molecule has 2 aromatic rings. The van der Waals surface area contributed by atoms with Gasteiger partial charge in [0.1, 0.15) is 9.88 Å². The number of carbonyl (C=O) groups excluding carboxylic acids is 1. The molecule has 1 aliphatic rings. The molecule has 0 aromatic carbocycles. The number of aryl methyl sites for hydroxylation is 1. The number of likely N-dealkylation sites (tertiary alicyclic amines) is 1. The second-order valence-corrected chi connectivity index (χ2v) is 9.03. The summed E-state index contributed by atoms with van der Waals surface area (Å²) in [6.45, 7) is 8.08. The van der Waals surface area contributed by atoms with E-state index in [0.29, 0.717) is 11.4 Å². The van der Waals surface area contributed by atoms with Crippen LogP contribution < -0.4 is 5.32 Å². The number of aromatic nitrogens is 1. The van der Waals surface area contributed by atoms with Gasteiger partial charge < -0.3 is 10.2 Å². The van der Waals surface area contributed by atoms with Crippen LogP contribution in [0.15, 0.2) is 12.1 Å². The molecule has 1 amide bonds. The number of carbonyl (C=O) groups is 1. The van der Waals surface area contributed by atoms with Gasteiger partial charge in [0.2, 0.25) is 0 Å². The van der Waals surface area contributed by atoms with Crippen LogP contribution in [0, 0.1) is 12.8 Å². The van der Waals surface area contributed by atoms with Gasteiger partial charge in [0.15, 0.2) is 0 Å². The molecule has 24 heavy (non-hydrogen) atoms. The summed E-state index contributed by atoms with van der Waals surface area (Å²) in [4.78, 5) is 21.1. The van der Waals surface area contributed by atoms with Gasteiger partial charge >= 0.3 is 0 Å². The van der Waals surface area contributed by atoms with E-state index in [0.717, 1.165) is 45.5 Å². The Morgan fingerprint density at radius 3 is 2.79 bits per heavy atom. The highest BCUT2D eigenvalue weighted by molar-refractivity contribution is 7.24. The lowest BCUT2D eigenvalue weighted by molar-refractivity contribution is 0.0947. The number of piperidine rings is 1. The molecule has 0 radical (unpaired) electrons. The largest absolute Gasteiger partial charge is 0.350 e. The Hall–Kier alpha value is -0.950. The first-order valence-corrected chi connectivity index (χ1v) is 10.3. The topological polar surface area (TPSA) is 45.2 Å². The maximum Gasteiger partial charge on any atom is 0.263 e. The molecule has 1 saturated heterocycles. The Labute approximate surface area is 155 Å². The van der Waals surface area contributed by atoms with Crippen LogP contribution in [0.1, 0.15) is 35.1 Å². The predicted molar refractivity (Wildman–Crippen MR) is 102 cm³/mol. The normalized spacial score (nSPS) is 16.5. The molecule has 0 unspecified atom stereocenters. The van der Waals surface area contributed by atoms with E-state index in [4.69, 9.17) is 11.6 Å². The summed E-state index contributed by atoms with van der Waals surface area (Å²) in [5.41, 5.74) is 0.781. The van der Waals surface area contributed by atoms with Crippen molar-refractivity contribution in [3.63, 3.8) is 0 Å². The summed E-state index contributed by atoms with van der Waals surface area (Å²) in [6.07, 6.45) is 2.52. The van der Waals surface area contributed by atoms with Crippen molar-refractivity contribution in [2.75, 3.05) is 26.2 Å². The van der Waals surface area contributed by atoms with E-state index in [2.05, 4.69) is 22.1 Å². The fourth-order valence-electron chi connectivity index (χ4n) is 2.84. The molecule has 1 fully saturated rings. The monoisotopic (exact) mass is 383 g/mol. The highest BCUT2D eigenvalue weighted by atomic mass is 35.5. The maximum absolute atomic E-state index is 12.4. The fourth-order valence-corrected chi connectivity index (χ4v) is 4.92. The van der Waals surface area contributed by atoms with E-state index in [9.17, 15) is 4.79 Å². The molecular weight excluding hydrogens is 362 g/mol. The zero-order valence-electron chi connectivity index (χ0n) is 14.0. The smallest absolute Gasteiger partial charge is 0.263 e. The standard InChI is InChI=1S/C17H22ClN3OS2/c1-11-5-8-21(9-6-11)10-7-19-16(22)15-12(2)20-17(24-15)13-3-4-14(18)23-13/h3-4,11H,5-10H2,1-2H3,(H,19,22). The molecule has 3 heterocycles. The molecule has 0 spiro atoms. The van der Waals surface area contributed by atoms with Crippen LogP contribution in [0.5, 0.6) is 0 Å². The molecule has 1 aliphatic heterocycles. The zero-order valence-corrected chi connectivity index (χ0v) is 16.4. The number of nitrogens with zero attached hydrogens (tertiary/aromatic N) is 2. The minimum atomic E-state index is -0.0238. The molecule has 0 aliphatic carbocycles. The first-order valence-electron chi connectivity index (χ1n) is 8.26. The molecule has 0 atom stereocenters. The number of halogens is 1. The van der Waals surface area contributed by atoms with Crippen LogP contribution in [0.3, 0.4) is 0 Å². The van der Waals surface area contributed by atoms with E-state index in [1.165, 1.54) is 35.5 Å². The lowest BCUT2D eigenvalue weighted by atomic mass is 9.99. The molecular formula is C17H22ClN3OS2. The van der Waals surface area contributed by atoms with E-state index in [1.54, 1.807) is 0 Å². The average Bonchev–Trinajstić information content (AvgIpc) is 3.15. The number of rotatable bonds is 5. The van der Waals surface area contributed by atoms with Gasteiger partial charge in [0.05, 0.1) is 14.9 Å². The molecule has 3 rings (SSSR count). The molecule has 7 heteroatoms. The first-order chi connectivity index (χ1) is 11.5. The van der Waals surface area contributed by atoms with Gasteiger partial charge in [0, 0.05) is 13.1 Å². The van der Waals surface area contributed by atoms with Crippen LogP contribution in [-0.4, -0.2) is 42.0 Å². The Bertz CT molecular complexity index is 705. The number of nitrogens with one attached hydrogen (secondary N) is 1. The second kappa shape index (κ2) is 7.95. The van der Waals surface area contributed by atoms with Crippen LogP contribution >= 0.6 is 34.3 Å².